The third kappa shape index (κ3) is 3.23. The van der Waals surface area contributed by atoms with Crippen LogP contribution in [0.25, 0.3) is 0 Å². The Morgan fingerprint density at radius 3 is 2.60 bits per heavy atom. The molecule has 0 aromatic heterocycles. The lowest BCUT2D eigenvalue weighted by molar-refractivity contribution is -0.176. The van der Waals surface area contributed by atoms with Crippen LogP contribution in [-0.4, -0.2) is 19.3 Å². The summed E-state index contributed by atoms with van der Waals surface area (Å²) in [6, 6.07) is 4.19. The van der Waals surface area contributed by atoms with Gasteiger partial charge >= 0.3 is 6.18 Å². The highest BCUT2D eigenvalue weighted by molar-refractivity contribution is 5.50. The van der Waals surface area contributed by atoms with Gasteiger partial charge in [-0.1, -0.05) is 6.07 Å². The molecule has 1 aliphatic rings. The van der Waals surface area contributed by atoms with E-state index in [4.69, 9.17) is 5.73 Å². The van der Waals surface area contributed by atoms with Gasteiger partial charge in [0, 0.05) is 19.1 Å². The van der Waals surface area contributed by atoms with Gasteiger partial charge in [0.25, 0.3) is 0 Å². The molecule has 1 heterocycles. The molecule has 0 bridgehead atoms. The van der Waals surface area contributed by atoms with Crippen molar-refractivity contribution >= 4 is 5.69 Å². The van der Waals surface area contributed by atoms with E-state index in [9.17, 15) is 17.6 Å². The van der Waals surface area contributed by atoms with Gasteiger partial charge in [-0.15, -0.1) is 0 Å². The molecule has 1 aliphatic heterocycles. The summed E-state index contributed by atoms with van der Waals surface area (Å²) in [7, 11) is 0. The molecule has 2 rings (SSSR count). The molecule has 20 heavy (non-hydrogen) atoms. The highest BCUT2D eigenvalue weighted by atomic mass is 19.4. The minimum absolute atomic E-state index is 0.111. The van der Waals surface area contributed by atoms with Gasteiger partial charge in [-0.3, -0.25) is 0 Å². The van der Waals surface area contributed by atoms with Crippen molar-refractivity contribution in [2.24, 2.45) is 11.7 Å². The Morgan fingerprint density at radius 1 is 1.35 bits per heavy atom. The molecule has 0 spiro atoms. The number of halogens is 4. The van der Waals surface area contributed by atoms with E-state index in [1.807, 2.05) is 0 Å². The number of anilines is 1. The van der Waals surface area contributed by atoms with Crippen molar-refractivity contribution < 1.29 is 17.6 Å². The zero-order valence-electron chi connectivity index (χ0n) is 11.3. The van der Waals surface area contributed by atoms with Crippen molar-refractivity contribution in [1.82, 2.24) is 0 Å². The maximum atomic E-state index is 14.0. The number of alkyl halides is 3. The number of hydrogen-bond donors (Lipinski definition) is 1. The number of hydrogen-bond acceptors (Lipinski definition) is 2. The van der Waals surface area contributed by atoms with Gasteiger partial charge in [-0.05, 0) is 37.5 Å². The molecular formula is C14H18F4N2. The highest BCUT2D eigenvalue weighted by Crippen LogP contribution is 2.35. The Hall–Kier alpha value is -1.30. The summed E-state index contributed by atoms with van der Waals surface area (Å²) in [5, 5.41) is 0. The van der Waals surface area contributed by atoms with Crippen molar-refractivity contribution in [3.8, 4) is 0 Å². The minimum atomic E-state index is -4.22. The molecule has 0 radical (unpaired) electrons. The lowest BCUT2D eigenvalue weighted by atomic mass is 9.96. The first-order chi connectivity index (χ1) is 9.29. The fourth-order valence-electron chi connectivity index (χ4n) is 2.53. The molecular weight excluding hydrogens is 272 g/mol. The van der Waals surface area contributed by atoms with Gasteiger partial charge in [0.05, 0.1) is 11.6 Å². The third-order valence-electron chi connectivity index (χ3n) is 3.72. The van der Waals surface area contributed by atoms with Crippen LogP contribution in [0.5, 0.6) is 0 Å². The number of piperidine rings is 1. The molecule has 1 aromatic rings. The van der Waals surface area contributed by atoms with E-state index in [2.05, 4.69) is 0 Å². The first kappa shape index (κ1) is 15.1. The number of rotatable bonds is 2. The van der Waals surface area contributed by atoms with Crippen molar-refractivity contribution in [1.29, 1.82) is 0 Å². The van der Waals surface area contributed by atoms with Crippen LogP contribution in [0.2, 0.25) is 0 Å². The second-order valence-corrected chi connectivity index (χ2v) is 5.33. The molecule has 1 fully saturated rings. The molecule has 0 amide bonds. The van der Waals surface area contributed by atoms with Crippen LogP contribution < -0.4 is 10.6 Å². The molecule has 0 aliphatic carbocycles. The summed E-state index contributed by atoms with van der Waals surface area (Å²) in [4.78, 5) is 1.47. The quantitative estimate of drug-likeness (QED) is 0.843. The van der Waals surface area contributed by atoms with Crippen molar-refractivity contribution in [3.63, 3.8) is 0 Å². The minimum Gasteiger partial charge on any atom is -0.369 e. The van der Waals surface area contributed by atoms with Gasteiger partial charge in [0.15, 0.2) is 0 Å². The number of nitrogens with two attached hydrogens (primary N) is 1. The smallest absolute Gasteiger partial charge is 0.369 e. The van der Waals surface area contributed by atoms with Gasteiger partial charge < -0.3 is 10.6 Å². The fraction of sp³-hybridized carbons (Fsp3) is 0.571. The van der Waals surface area contributed by atoms with Crippen LogP contribution in [0.1, 0.15) is 31.4 Å². The largest absolute Gasteiger partial charge is 0.393 e. The molecule has 6 heteroatoms. The summed E-state index contributed by atoms with van der Waals surface area (Å²) < 4.78 is 52.3. The summed E-state index contributed by atoms with van der Waals surface area (Å²) >= 11 is 0. The maximum absolute atomic E-state index is 14.0. The van der Waals surface area contributed by atoms with E-state index in [-0.39, 0.29) is 24.7 Å². The van der Waals surface area contributed by atoms with Crippen LogP contribution in [0, 0.1) is 11.7 Å². The average molecular weight is 290 g/mol. The lowest BCUT2D eigenvalue weighted by Crippen LogP contribution is -2.42. The molecule has 112 valence electrons. The molecule has 1 unspecified atom stereocenters. The predicted octanol–water partition coefficient (Wildman–Crippen LogP) is 3.62. The Bertz CT molecular complexity index is 471. The van der Waals surface area contributed by atoms with Gasteiger partial charge in [-0.25, -0.2) is 4.39 Å². The first-order valence-corrected chi connectivity index (χ1v) is 6.65. The normalized spacial score (nSPS) is 21.9. The topological polar surface area (TPSA) is 29.3 Å². The van der Waals surface area contributed by atoms with Gasteiger partial charge in [0.1, 0.15) is 5.82 Å². The van der Waals surface area contributed by atoms with Crippen molar-refractivity contribution in [2.45, 2.75) is 32.0 Å². The predicted molar refractivity (Wildman–Crippen MR) is 70.0 cm³/mol. The Morgan fingerprint density at radius 2 is 2.05 bits per heavy atom. The van der Waals surface area contributed by atoms with E-state index >= 15 is 0 Å². The Labute approximate surface area is 115 Å². The zero-order valence-corrected chi connectivity index (χ0v) is 11.3. The lowest BCUT2D eigenvalue weighted by Gasteiger charge is -2.35. The number of nitrogens with zero attached hydrogens (tertiary/aromatic N) is 1. The summed E-state index contributed by atoms with van der Waals surface area (Å²) in [6.07, 6.45) is -3.70. The summed E-state index contributed by atoms with van der Waals surface area (Å²) in [5.41, 5.74) is 6.52. The molecule has 0 saturated carbocycles. The van der Waals surface area contributed by atoms with Crippen molar-refractivity contribution in [3.05, 3.63) is 29.6 Å². The second kappa shape index (κ2) is 5.60. The summed E-state index contributed by atoms with van der Waals surface area (Å²) in [6.45, 7) is 1.99. The first-order valence-electron chi connectivity index (χ1n) is 6.65. The summed E-state index contributed by atoms with van der Waals surface area (Å²) in [5.74, 6) is -1.90. The SMILES string of the molecule is C[C@H](N)c1ccc(N2CCCC(C(F)(F)F)C2)c(F)c1. The second-order valence-electron chi connectivity index (χ2n) is 5.33. The van der Waals surface area contributed by atoms with Gasteiger partial charge in [-0.2, -0.15) is 13.2 Å². The van der Waals surface area contributed by atoms with Crippen LogP contribution in [0.4, 0.5) is 23.2 Å². The van der Waals surface area contributed by atoms with Crippen LogP contribution in [0.3, 0.4) is 0 Å². The van der Waals surface area contributed by atoms with E-state index in [0.29, 0.717) is 18.5 Å². The van der Waals surface area contributed by atoms with Crippen LogP contribution in [-0.2, 0) is 0 Å². The Balaban J connectivity index is 2.19. The zero-order chi connectivity index (χ0) is 14.9. The van der Waals surface area contributed by atoms with E-state index in [1.54, 1.807) is 13.0 Å². The fourth-order valence-corrected chi connectivity index (χ4v) is 2.53. The molecule has 1 aromatic carbocycles. The van der Waals surface area contributed by atoms with E-state index in [0.717, 1.165) is 0 Å². The third-order valence-corrected chi connectivity index (χ3v) is 3.72. The standard InChI is InChI=1S/C14H18F4N2/c1-9(19)10-4-5-13(12(15)7-10)20-6-2-3-11(8-20)14(16,17)18/h4-5,7,9,11H,2-3,6,8,19H2,1H3/t9-,11?/m0/s1. The molecule has 1 saturated heterocycles. The molecule has 2 N–H and O–H groups in total. The van der Waals surface area contributed by atoms with Gasteiger partial charge in [0.2, 0.25) is 0 Å². The average Bonchev–Trinajstić information content (AvgIpc) is 2.37. The van der Waals surface area contributed by atoms with E-state index < -0.39 is 17.9 Å². The molecule has 2 nitrogen and oxygen atoms in total. The van der Waals surface area contributed by atoms with E-state index in [1.165, 1.54) is 17.0 Å². The monoisotopic (exact) mass is 290 g/mol. The number of benzene rings is 1. The maximum Gasteiger partial charge on any atom is 0.393 e. The Kier molecular flexibility index (Phi) is 4.22. The van der Waals surface area contributed by atoms with Crippen LogP contribution in [0.15, 0.2) is 18.2 Å². The van der Waals surface area contributed by atoms with Crippen LogP contribution >= 0.6 is 0 Å². The van der Waals surface area contributed by atoms with Crippen molar-refractivity contribution in [2.75, 3.05) is 18.0 Å². The molecule has 2 atom stereocenters. The highest BCUT2D eigenvalue weighted by Gasteiger charge is 2.42.